The maximum absolute atomic E-state index is 11.2. The quantitative estimate of drug-likeness (QED) is 0.797. The summed E-state index contributed by atoms with van der Waals surface area (Å²) in [4.78, 5) is 15.6. The molecule has 6 heteroatoms. The first-order chi connectivity index (χ1) is 10.1. The maximum Gasteiger partial charge on any atom is 0.261 e. The molecule has 0 unspecified atom stereocenters. The highest BCUT2D eigenvalue weighted by atomic mass is 16.5. The number of aryl methyl sites for hydroxylation is 1. The fraction of sp³-hybridized carbons (Fsp3) is 0.133. The monoisotopic (exact) mass is 283 g/mol. The van der Waals surface area contributed by atoms with Crippen LogP contribution >= 0.6 is 0 Å². The molecule has 0 fully saturated rings. The zero-order valence-corrected chi connectivity index (χ0v) is 11.6. The van der Waals surface area contributed by atoms with E-state index in [0.29, 0.717) is 28.7 Å². The van der Waals surface area contributed by atoms with E-state index in [2.05, 4.69) is 15.5 Å². The van der Waals surface area contributed by atoms with Gasteiger partial charge in [-0.1, -0.05) is 17.3 Å². The molecule has 0 saturated heterocycles. The Morgan fingerprint density at radius 2 is 2.00 bits per heavy atom. The van der Waals surface area contributed by atoms with Crippen LogP contribution in [0.1, 0.15) is 12.7 Å². The molecule has 0 radical (unpaired) electrons. The van der Waals surface area contributed by atoms with E-state index in [4.69, 9.17) is 8.94 Å². The summed E-state index contributed by atoms with van der Waals surface area (Å²) in [7, 11) is 0. The van der Waals surface area contributed by atoms with Gasteiger partial charge in [-0.15, -0.1) is 0 Å². The van der Waals surface area contributed by atoms with Crippen molar-refractivity contribution in [2.45, 2.75) is 13.8 Å². The maximum atomic E-state index is 11.2. The third kappa shape index (κ3) is 2.55. The molecule has 1 aromatic carbocycles. The van der Waals surface area contributed by atoms with Crippen molar-refractivity contribution in [1.82, 2.24) is 10.1 Å². The molecule has 21 heavy (non-hydrogen) atoms. The Balaban J connectivity index is 2.01. The molecule has 0 saturated carbocycles. The number of rotatable bonds is 3. The number of aromatic nitrogens is 2. The van der Waals surface area contributed by atoms with Crippen LogP contribution in [-0.4, -0.2) is 16.0 Å². The van der Waals surface area contributed by atoms with Gasteiger partial charge >= 0.3 is 0 Å². The lowest BCUT2D eigenvalue weighted by Gasteiger charge is -2.05. The number of hydrogen-bond donors (Lipinski definition) is 1. The summed E-state index contributed by atoms with van der Waals surface area (Å²) in [5, 5.41) is 6.72. The zero-order valence-electron chi connectivity index (χ0n) is 11.6. The van der Waals surface area contributed by atoms with Gasteiger partial charge in [-0.25, -0.2) is 0 Å². The van der Waals surface area contributed by atoms with Crippen molar-refractivity contribution in [3.63, 3.8) is 0 Å². The van der Waals surface area contributed by atoms with E-state index in [1.165, 1.54) is 6.92 Å². The summed E-state index contributed by atoms with van der Waals surface area (Å²) in [6.07, 6.45) is 1.57. The van der Waals surface area contributed by atoms with Crippen LogP contribution < -0.4 is 5.32 Å². The van der Waals surface area contributed by atoms with Gasteiger partial charge < -0.3 is 14.3 Å². The van der Waals surface area contributed by atoms with Crippen molar-refractivity contribution in [3.8, 4) is 22.8 Å². The molecule has 106 valence electrons. The minimum atomic E-state index is -0.156. The van der Waals surface area contributed by atoms with Gasteiger partial charge in [0.15, 0.2) is 0 Å². The van der Waals surface area contributed by atoms with E-state index in [9.17, 15) is 4.79 Å². The molecule has 1 amide bonds. The van der Waals surface area contributed by atoms with Gasteiger partial charge in [0.05, 0.1) is 17.5 Å². The highest BCUT2D eigenvalue weighted by Gasteiger charge is 2.16. The van der Waals surface area contributed by atoms with Gasteiger partial charge in [0.1, 0.15) is 5.76 Å². The number of nitrogens with zero attached hydrogens (tertiary/aromatic N) is 2. The first-order valence-electron chi connectivity index (χ1n) is 6.40. The number of furan rings is 1. The van der Waals surface area contributed by atoms with E-state index in [1.807, 2.05) is 25.1 Å². The van der Waals surface area contributed by atoms with Crippen molar-refractivity contribution in [3.05, 3.63) is 42.4 Å². The SMILES string of the molecule is CC(=O)Nc1ccccc1-c1noc(-c2ccoc2C)n1. The van der Waals surface area contributed by atoms with Crippen molar-refractivity contribution >= 4 is 11.6 Å². The topological polar surface area (TPSA) is 81.2 Å². The summed E-state index contributed by atoms with van der Waals surface area (Å²) in [5.74, 6) is 1.35. The van der Waals surface area contributed by atoms with Crippen LogP contribution in [-0.2, 0) is 4.79 Å². The molecule has 2 heterocycles. The normalized spacial score (nSPS) is 10.6. The summed E-state index contributed by atoms with van der Waals surface area (Å²) >= 11 is 0. The van der Waals surface area contributed by atoms with Gasteiger partial charge in [-0.05, 0) is 25.1 Å². The first kappa shape index (κ1) is 13.1. The van der Waals surface area contributed by atoms with Crippen molar-refractivity contribution in [1.29, 1.82) is 0 Å². The zero-order chi connectivity index (χ0) is 14.8. The Morgan fingerprint density at radius 1 is 1.19 bits per heavy atom. The molecule has 0 aliphatic carbocycles. The number of carbonyl (C=O) groups is 1. The Kier molecular flexibility index (Phi) is 3.27. The molecule has 6 nitrogen and oxygen atoms in total. The summed E-state index contributed by atoms with van der Waals surface area (Å²) in [6, 6.07) is 9.06. The van der Waals surface area contributed by atoms with Crippen LogP contribution in [0.3, 0.4) is 0 Å². The van der Waals surface area contributed by atoms with Gasteiger partial charge in [0.25, 0.3) is 5.89 Å². The summed E-state index contributed by atoms with van der Waals surface area (Å²) in [5.41, 5.74) is 2.09. The van der Waals surface area contributed by atoms with E-state index < -0.39 is 0 Å². The number of anilines is 1. The smallest absolute Gasteiger partial charge is 0.261 e. The van der Waals surface area contributed by atoms with Gasteiger partial charge in [0, 0.05) is 12.5 Å². The van der Waals surface area contributed by atoms with Gasteiger partial charge in [0.2, 0.25) is 11.7 Å². The molecule has 3 rings (SSSR count). The van der Waals surface area contributed by atoms with Crippen LogP contribution in [0, 0.1) is 6.92 Å². The Bertz CT molecular complexity index is 789. The second-order valence-electron chi connectivity index (χ2n) is 4.54. The average molecular weight is 283 g/mol. The van der Waals surface area contributed by atoms with E-state index >= 15 is 0 Å². The third-order valence-corrected chi connectivity index (χ3v) is 2.99. The van der Waals surface area contributed by atoms with E-state index in [0.717, 1.165) is 5.56 Å². The lowest BCUT2D eigenvalue weighted by molar-refractivity contribution is -0.114. The van der Waals surface area contributed by atoms with Crippen molar-refractivity contribution in [2.75, 3.05) is 5.32 Å². The molecule has 0 aliphatic rings. The third-order valence-electron chi connectivity index (χ3n) is 2.99. The fourth-order valence-corrected chi connectivity index (χ4v) is 2.03. The average Bonchev–Trinajstić information content (AvgIpc) is 3.07. The minimum absolute atomic E-state index is 0.156. The van der Waals surface area contributed by atoms with Crippen LogP contribution in [0.2, 0.25) is 0 Å². The van der Waals surface area contributed by atoms with Crippen LogP contribution in [0.25, 0.3) is 22.8 Å². The van der Waals surface area contributed by atoms with Crippen LogP contribution in [0.4, 0.5) is 5.69 Å². The molecule has 0 bridgehead atoms. The highest BCUT2D eigenvalue weighted by molar-refractivity contribution is 5.93. The van der Waals surface area contributed by atoms with E-state index in [-0.39, 0.29) is 5.91 Å². The number of para-hydroxylation sites is 1. The standard InChI is InChI=1S/C15H13N3O3/c1-9-11(7-8-20-9)15-17-14(18-21-15)12-5-3-4-6-13(12)16-10(2)19/h3-8H,1-2H3,(H,16,19). The molecule has 2 aromatic heterocycles. The Labute approximate surface area is 120 Å². The lowest BCUT2D eigenvalue weighted by atomic mass is 10.1. The molecule has 0 aliphatic heterocycles. The molecule has 3 aromatic rings. The van der Waals surface area contributed by atoms with E-state index in [1.54, 1.807) is 18.4 Å². The number of hydrogen-bond acceptors (Lipinski definition) is 5. The van der Waals surface area contributed by atoms with Crippen molar-refractivity contribution in [2.24, 2.45) is 0 Å². The number of carbonyl (C=O) groups excluding carboxylic acids is 1. The molecular weight excluding hydrogens is 270 g/mol. The second kappa shape index (κ2) is 5.24. The van der Waals surface area contributed by atoms with Crippen molar-refractivity contribution < 1.29 is 13.7 Å². The van der Waals surface area contributed by atoms with Gasteiger partial charge in [-0.3, -0.25) is 4.79 Å². The lowest BCUT2D eigenvalue weighted by Crippen LogP contribution is -2.06. The van der Waals surface area contributed by atoms with Crippen LogP contribution in [0.15, 0.2) is 45.5 Å². The van der Waals surface area contributed by atoms with Crippen LogP contribution in [0.5, 0.6) is 0 Å². The summed E-state index contributed by atoms with van der Waals surface area (Å²) < 4.78 is 10.5. The Hall–Kier alpha value is -2.89. The summed E-state index contributed by atoms with van der Waals surface area (Å²) in [6.45, 7) is 3.28. The second-order valence-corrected chi connectivity index (χ2v) is 4.54. The predicted octanol–water partition coefficient (Wildman–Crippen LogP) is 3.26. The number of amides is 1. The largest absolute Gasteiger partial charge is 0.469 e. The first-order valence-corrected chi connectivity index (χ1v) is 6.40. The molecule has 0 atom stereocenters. The number of benzene rings is 1. The molecule has 1 N–H and O–H groups in total. The number of nitrogens with one attached hydrogen (secondary N) is 1. The predicted molar refractivity (Wildman–Crippen MR) is 76.5 cm³/mol. The minimum Gasteiger partial charge on any atom is -0.469 e. The molecular formula is C15H13N3O3. The highest BCUT2D eigenvalue weighted by Crippen LogP contribution is 2.29. The molecule has 0 spiro atoms. The van der Waals surface area contributed by atoms with Gasteiger partial charge in [-0.2, -0.15) is 4.98 Å². The Morgan fingerprint density at radius 3 is 2.71 bits per heavy atom. The fourth-order valence-electron chi connectivity index (χ4n) is 2.03.